The van der Waals surface area contributed by atoms with Crippen molar-refractivity contribution in [2.45, 2.75) is 19.4 Å². The van der Waals surface area contributed by atoms with Crippen molar-refractivity contribution >= 4 is 5.82 Å². The Hall–Kier alpha value is -1.13. The highest BCUT2D eigenvalue weighted by Gasteiger charge is 2.22. The summed E-state index contributed by atoms with van der Waals surface area (Å²) < 4.78 is 0. The molecule has 0 aliphatic carbocycles. The SMILES string of the molecule is C[C@@H](N)c1cccnc1N(C)CC1CCN(C)C1. The Morgan fingerprint density at radius 3 is 3.00 bits per heavy atom. The van der Waals surface area contributed by atoms with Crippen molar-refractivity contribution in [1.29, 1.82) is 0 Å². The van der Waals surface area contributed by atoms with Crippen LogP contribution in [0.25, 0.3) is 0 Å². The maximum atomic E-state index is 6.01. The molecule has 0 spiro atoms. The first-order chi connectivity index (χ1) is 8.58. The van der Waals surface area contributed by atoms with E-state index in [0.717, 1.165) is 23.8 Å². The largest absolute Gasteiger partial charge is 0.359 e. The van der Waals surface area contributed by atoms with E-state index >= 15 is 0 Å². The number of pyridine rings is 1. The summed E-state index contributed by atoms with van der Waals surface area (Å²) in [7, 11) is 4.31. The standard InChI is InChI=1S/C14H24N4/c1-11(15)13-5-4-7-16-14(13)18(3)10-12-6-8-17(2)9-12/h4-5,7,11-12H,6,8-10,15H2,1-3H3/t11-,12?/m1/s1. The van der Waals surface area contributed by atoms with Gasteiger partial charge >= 0.3 is 0 Å². The van der Waals surface area contributed by atoms with E-state index in [1.807, 2.05) is 19.2 Å². The van der Waals surface area contributed by atoms with Crippen LogP contribution in [0.4, 0.5) is 5.82 Å². The monoisotopic (exact) mass is 248 g/mol. The van der Waals surface area contributed by atoms with Gasteiger partial charge in [0.25, 0.3) is 0 Å². The summed E-state index contributed by atoms with van der Waals surface area (Å²) in [4.78, 5) is 9.14. The van der Waals surface area contributed by atoms with Crippen molar-refractivity contribution in [1.82, 2.24) is 9.88 Å². The third kappa shape index (κ3) is 3.00. The van der Waals surface area contributed by atoms with Crippen molar-refractivity contribution in [3.05, 3.63) is 23.9 Å². The van der Waals surface area contributed by atoms with Crippen LogP contribution in [-0.4, -0.2) is 43.6 Å². The van der Waals surface area contributed by atoms with Gasteiger partial charge in [-0.1, -0.05) is 6.07 Å². The van der Waals surface area contributed by atoms with Gasteiger partial charge in [-0.05, 0) is 38.9 Å². The van der Waals surface area contributed by atoms with Crippen LogP contribution in [0, 0.1) is 5.92 Å². The Morgan fingerprint density at radius 1 is 1.61 bits per heavy atom. The first kappa shape index (κ1) is 13.3. The van der Waals surface area contributed by atoms with Gasteiger partial charge in [0.05, 0.1) is 0 Å². The van der Waals surface area contributed by atoms with Gasteiger partial charge in [-0.25, -0.2) is 4.98 Å². The van der Waals surface area contributed by atoms with E-state index in [4.69, 9.17) is 5.73 Å². The second-order valence-corrected chi connectivity index (χ2v) is 5.50. The minimum Gasteiger partial charge on any atom is -0.359 e. The minimum absolute atomic E-state index is 0.0300. The van der Waals surface area contributed by atoms with Crippen LogP contribution in [0.5, 0.6) is 0 Å². The third-order valence-electron chi connectivity index (χ3n) is 3.69. The van der Waals surface area contributed by atoms with Crippen LogP contribution in [0.2, 0.25) is 0 Å². The molecule has 2 N–H and O–H groups in total. The zero-order chi connectivity index (χ0) is 13.1. The zero-order valence-electron chi connectivity index (χ0n) is 11.6. The van der Waals surface area contributed by atoms with Crippen LogP contribution < -0.4 is 10.6 Å². The van der Waals surface area contributed by atoms with Crippen molar-refractivity contribution in [3.63, 3.8) is 0 Å². The van der Waals surface area contributed by atoms with E-state index in [-0.39, 0.29) is 6.04 Å². The van der Waals surface area contributed by atoms with E-state index < -0.39 is 0 Å². The molecule has 1 aromatic heterocycles. The van der Waals surface area contributed by atoms with E-state index in [0.29, 0.717) is 0 Å². The summed E-state index contributed by atoms with van der Waals surface area (Å²) in [6.07, 6.45) is 3.12. The molecule has 4 nitrogen and oxygen atoms in total. The topological polar surface area (TPSA) is 45.4 Å². The molecule has 1 aliphatic heterocycles. The Kier molecular flexibility index (Phi) is 4.19. The molecule has 0 aromatic carbocycles. The number of rotatable bonds is 4. The molecule has 1 fully saturated rings. The molecule has 0 amide bonds. The summed E-state index contributed by atoms with van der Waals surface area (Å²) >= 11 is 0. The van der Waals surface area contributed by atoms with Gasteiger partial charge in [0, 0.05) is 37.9 Å². The minimum atomic E-state index is 0.0300. The predicted molar refractivity (Wildman–Crippen MR) is 75.7 cm³/mol. The van der Waals surface area contributed by atoms with Crippen molar-refractivity contribution in [2.75, 3.05) is 38.6 Å². The maximum absolute atomic E-state index is 6.01. The Morgan fingerprint density at radius 2 is 2.39 bits per heavy atom. The fraction of sp³-hybridized carbons (Fsp3) is 0.643. The van der Waals surface area contributed by atoms with Crippen LogP contribution >= 0.6 is 0 Å². The number of nitrogens with two attached hydrogens (primary N) is 1. The lowest BCUT2D eigenvalue weighted by molar-refractivity contribution is 0.395. The summed E-state index contributed by atoms with van der Waals surface area (Å²) in [6.45, 7) is 5.46. The fourth-order valence-electron chi connectivity index (χ4n) is 2.73. The molecule has 18 heavy (non-hydrogen) atoms. The first-order valence-electron chi connectivity index (χ1n) is 6.68. The summed E-state index contributed by atoms with van der Waals surface area (Å²) in [5.74, 6) is 1.77. The molecule has 1 saturated heterocycles. The summed E-state index contributed by atoms with van der Waals surface area (Å²) in [5, 5.41) is 0. The Balaban J connectivity index is 2.06. The Labute approximate surface area is 110 Å². The van der Waals surface area contributed by atoms with E-state index in [9.17, 15) is 0 Å². The van der Waals surface area contributed by atoms with E-state index in [2.05, 4.69) is 34.9 Å². The highest BCUT2D eigenvalue weighted by atomic mass is 15.2. The molecule has 1 unspecified atom stereocenters. The summed E-state index contributed by atoms with van der Waals surface area (Å²) in [5.41, 5.74) is 7.14. The van der Waals surface area contributed by atoms with Crippen molar-refractivity contribution in [2.24, 2.45) is 11.7 Å². The second-order valence-electron chi connectivity index (χ2n) is 5.50. The van der Waals surface area contributed by atoms with Gasteiger partial charge < -0.3 is 15.5 Å². The predicted octanol–water partition coefficient (Wildman–Crippen LogP) is 1.49. The highest BCUT2D eigenvalue weighted by Crippen LogP contribution is 2.24. The normalized spacial score (nSPS) is 22.1. The molecular formula is C14H24N4. The van der Waals surface area contributed by atoms with Gasteiger partial charge in [-0.3, -0.25) is 0 Å². The third-order valence-corrected chi connectivity index (χ3v) is 3.69. The van der Waals surface area contributed by atoms with Gasteiger partial charge in [-0.2, -0.15) is 0 Å². The molecule has 100 valence electrons. The molecule has 4 heteroatoms. The number of nitrogens with zero attached hydrogens (tertiary/aromatic N) is 3. The van der Waals surface area contributed by atoms with Crippen LogP contribution in [-0.2, 0) is 0 Å². The first-order valence-corrected chi connectivity index (χ1v) is 6.68. The van der Waals surface area contributed by atoms with Gasteiger partial charge in [0.2, 0.25) is 0 Å². The maximum Gasteiger partial charge on any atom is 0.133 e. The number of likely N-dealkylation sites (tertiary alicyclic amines) is 1. The molecule has 0 saturated carbocycles. The quantitative estimate of drug-likeness (QED) is 0.877. The molecule has 1 aliphatic rings. The zero-order valence-corrected chi connectivity index (χ0v) is 11.6. The van der Waals surface area contributed by atoms with Crippen LogP contribution in [0.3, 0.4) is 0 Å². The smallest absolute Gasteiger partial charge is 0.133 e. The molecule has 1 aromatic rings. The molecule has 0 radical (unpaired) electrons. The summed E-state index contributed by atoms with van der Waals surface area (Å²) in [6, 6.07) is 4.06. The van der Waals surface area contributed by atoms with Gasteiger partial charge in [-0.15, -0.1) is 0 Å². The average molecular weight is 248 g/mol. The van der Waals surface area contributed by atoms with Crippen molar-refractivity contribution in [3.8, 4) is 0 Å². The number of aromatic nitrogens is 1. The van der Waals surface area contributed by atoms with Crippen LogP contribution in [0.15, 0.2) is 18.3 Å². The number of anilines is 1. The van der Waals surface area contributed by atoms with E-state index in [1.165, 1.54) is 19.5 Å². The van der Waals surface area contributed by atoms with E-state index in [1.54, 1.807) is 0 Å². The molecule has 2 heterocycles. The fourth-order valence-corrected chi connectivity index (χ4v) is 2.73. The number of hydrogen-bond donors (Lipinski definition) is 1. The lowest BCUT2D eigenvalue weighted by Gasteiger charge is -2.25. The average Bonchev–Trinajstić information content (AvgIpc) is 2.74. The number of hydrogen-bond acceptors (Lipinski definition) is 4. The van der Waals surface area contributed by atoms with Crippen molar-refractivity contribution < 1.29 is 0 Å². The lowest BCUT2D eigenvalue weighted by Crippen LogP contribution is -2.29. The van der Waals surface area contributed by atoms with Gasteiger partial charge in [0.1, 0.15) is 5.82 Å². The molecule has 0 bridgehead atoms. The molecule has 2 rings (SSSR count). The molecular weight excluding hydrogens is 224 g/mol. The molecule has 2 atom stereocenters. The lowest BCUT2D eigenvalue weighted by atomic mass is 10.1. The van der Waals surface area contributed by atoms with Gasteiger partial charge in [0.15, 0.2) is 0 Å². The Bertz CT molecular complexity index is 391. The highest BCUT2D eigenvalue weighted by molar-refractivity contribution is 5.47. The van der Waals surface area contributed by atoms with Crippen LogP contribution in [0.1, 0.15) is 24.9 Å². The second kappa shape index (κ2) is 5.67.